The molecule has 2 aromatic carbocycles. The van der Waals surface area contributed by atoms with Crippen molar-refractivity contribution < 1.29 is 24.2 Å². The second-order valence-electron chi connectivity index (χ2n) is 7.64. The van der Waals surface area contributed by atoms with Crippen molar-refractivity contribution in [1.82, 2.24) is 10.6 Å². The van der Waals surface area contributed by atoms with Gasteiger partial charge < -0.3 is 20.5 Å². The molecule has 0 saturated heterocycles. The lowest BCUT2D eigenvalue weighted by molar-refractivity contribution is -0.137. The molecule has 0 unspecified atom stereocenters. The van der Waals surface area contributed by atoms with Crippen LogP contribution in [0.5, 0.6) is 0 Å². The molecule has 3 rings (SSSR count). The Hall–Kier alpha value is -3.35. The molecule has 0 heterocycles. The van der Waals surface area contributed by atoms with E-state index in [1.54, 1.807) is 13.8 Å². The van der Waals surface area contributed by atoms with Gasteiger partial charge in [0.05, 0.1) is 6.42 Å². The minimum Gasteiger partial charge on any atom is -0.481 e. The molecule has 0 aliphatic heterocycles. The Kier molecular flexibility index (Phi) is 6.72. The van der Waals surface area contributed by atoms with Crippen LogP contribution in [0.2, 0.25) is 0 Å². The summed E-state index contributed by atoms with van der Waals surface area (Å²) in [4.78, 5) is 34.9. The number of benzene rings is 2. The number of nitrogens with one attached hydrogen (secondary N) is 2. The smallest absolute Gasteiger partial charge is 0.407 e. The third-order valence-corrected chi connectivity index (χ3v) is 5.09. The molecule has 7 nitrogen and oxygen atoms in total. The molecule has 0 aromatic heterocycles. The summed E-state index contributed by atoms with van der Waals surface area (Å²) in [6, 6.07) is 15.3. The summed E-state index contributed by atoms with van der Waals surface area (Å²) in [5.41, 5.74) is 4.57. The molecule has 0 bridgehead atoms. The quantitative estimate of drug-likeness (QED) is 0.619. The van der Waals surface area contributed by atoms with Gasteiger partial charge in [-0.15, -0.1) is 0 Å². The van der Waals surface area contributed by atoms with Gasteiger partial charge in [0.2, 0.25) is 5.91 Å². The summed E-state index contributed by atoms with van der Waals surface area (Å²) in [5, 5.41) is 14.0. The predicted octanol–water partition coefficient (Wildman–Crippen LogP) is 3.28. The van der Waals surface area contributed by atoms with Gasteiger partial charge in [-0.25, -0.2) is 4.79 Å². The second-order valence-corrected chi connectivity index (χ2v) is 7.64. The number of fused-ring (bicyclic) bond motifs is 3. The van der Waals surface area contributed by atoms with Crippen molar-refractivity contribution in [2.45, 2.75) is 44.7 Å². The van der Waals surface area contributed by atoms with Gasteiger partial charge in [0.25, 0.3) is 0 Å². The van der Waals surface area contributed by atoms with Gasteiger partial charge >= 0.3 is 12.1 Å². The van der Waals surface area contributed by atoms with E-state index in [1.807, 2.05) is 36.4 Å². The Labute approximate surface area is 175 Å². The number of hydrogen-bond acceptors (Lipinski definition) is 4. The average Bonchev–Trinajstić information content (AvgIpc) is 2.99. The molecule has 0 fully saturated rings. The van der Waals surface area contributed by atoms with E-state index in [1.165, 1.54) is 0 Å². The third kappa shape index (κ3) is 5.17. The molecule has 0 radical (unpaired) electrons. The van der Waals surface area contributed by atoms with E-state index in [9.17, 15) is 14.4 Å². The first kappa shape index (κ1) is 21.4. The Balaban J connectivity index is 1.51. The fourth-order valence-electron chi connectivity index (χ4n) is 3.82. The number of aliphatic carboxylic acids is 1. The maximum atomic E-state index is 12.2. The van der Waals surface area contributed by atoms with Crippen LogP contribution in [0.15, 0.2) is 48.5 Å². The molecule has 2 amide bonds. The first-order valence-electron chi connectivity index (χ1n) is 9.97. The van der Waals surface area contributed by atoms with E-state index in [-0.39, 0.29) is 31.3 Å². The SMILES string of the molecule is C[C@H](CC(=O)N[C@@H](C)CC(=O)O)NC(=O)OCC1c2ccccc2-c2ccccc21. The topological polar surface area (TPSA) is 105 Å². The van der Waals surface area contributed by atoms with Crippen LogP contribution in [-0.2, 0) is 14.3 Å². The zero-order valence-electron chi connectivity index (χ0n) is 17.1. The molecule has 158 valence electrons. The van der Waals surface area contributed by atoms with Gasteiger partial charge in [-0.05, 0) is 36.1 Å². The van der Waals surface area contributed by atoms with Crippen molar-refractivity contribution in [2.24, 2.45) is 0 Å². The highest BCUT2D eigenvalue weighted by molar-refractivity contribution is 5.80. The fourth-order valence-corrected chi connectivity index (χ4v) is 3.82. The minimum absolute atomic E-state index is 0.0291. The van der Waals surface area contributed by atoms with Crippen molar-refractivity contribution in [1.29, 1.82) is 0 Å². The number of carbonyl (C=O) groups is 3. The maximum absolute atomic E-state index is 12.2. The molecule has 2 atom stereocenters. The van der Waals surface area contributed by atoms with E-state index >= 15 is 0 Å². The van der Waals surface area contributed by atoms with Gasteiger partial charge in [-0.3, -0.25) is 9.59 Å². The largest absolute Gasteiger partial charge is 0.481 e. The highest BCUT2D eigenvalue weighted by atomic mass is 16.5. The second kappa shape index (κ2) is 9.43. The van der Waals surface area contributed by atoms with E-state index in [0.717, 1.165) is 22.3 Å². The molecule has 0 saturated carbocycles. The number of alkyl carbamates (subject to hydrolysis) is 1. The lowest BCUT2D eigenvalue weighted by Gasteiger charge is -2.18. The number of carboxylic acid groups (broad SMARTS) is 1. The molecule has 2 aromatic rings. The van der Waals surface area contributed by atoms with E-state index < -0.39 is 24.1 Å². The van der Waals surface area contributed by atoms with Gasteiger partial charge in [0, 0.05) is 24.4 Å². The standard InChI is InChI=1S/C23H26N2O5/c1-14(11-21(26)24-15(2)12-22(27)28)25-23(29)30-13-20-18-9-5-3-7-16(18)17-8-4-6-10-19(17)20/h3-10,14-15,20H,11-13H2,1-2H3,(H,24,26)(H,25,29)(H,27,28)/t14-,15+/m1/s1. The van der Waals surface area contributed by atoms with Crippen molar-refractivity contribution in [3.8, 4) is 11.1 Å². The predicted molar refractivity (Wildman–Crippen MR) is 112 cm³/mol. The van der Waals surface area contributed by atoms with Gasteiger partial charge in [-0.2, -0.15) is 0 Å². The van der Waals surface area contributed by atoms with Crippen LogP contribution < -0.4 is 10.6 Å². The molecule has 7 heteroatoms. The zero-order valence-corrected chi connectivity index (χ0v) is 17.1. The Morgan fingerprint density at radius 3 is 2.00 bits per heavy atom. The van der Waals surface area contributed by atoms with Crippen molar-refractivity contribution in [3.05, 3.63) is 59.7 Å². The summed E-state index contributed by atoms with van der Waals surface area (Å²) in [6.07, 6.45) is -0.704. The summed E-state index contributed by atoms with van der Waals surface area (Å²) >= 11 is 0. The Morgan fingerprint density at radius 2 is 1.43 bits per heavy atom. The van der Waals surface area contributed by atoms with Crippen LogP contribution in [0.3, 0.4) is 0 Å². The van der Waals surface area contributed by atoms with E-state index in [2.05, 4.69) is 22.8 Å². The maximum Gasteiger partial charge on any atom is 0.407 e. The highest BCUT2D eigenvalue weighted by Gasteiger charge is 2.29. The average molecular weight is 410 g/mol. The Morgan fingerprint density at radius 1 is 0.900 bits per heavy atom. The van der Waals surface area contributed by atoms with Crippen molar-refractivity contribution in [3.63, 3.8) is 0 Å². The summed E-state index contributed by atoms with van der Waals surface area (Å²) in [5.74, 6) is -1.33. The van der Waals surface area contributed by atoms with E-state index in [4.69, 9.17) is 9.84 Å². The Bertz CT molecular complexity index is 897. The monoisotopic (exact) mass is 410 g/mol. The van der Waals surface area contributed by atoms with Crippen molar-refractivity contribution in [2.75, 3.05) is 6.61 Å². The van der Waals surface area contributed by atoms with Crippen LogP contribution in [0, 0.1) is 0 Å². The number of hydrogen-bond donors (Lipinski definition) is 3. The number of rotatable bonds is 8. The minimum atomic E-state index is -0.979. The number of carbonyl (C=O) groups excluding carboxylic acids is 2. The normalized spacial score (nSPS) is 14.2. The first-order chi connectivity index (χ1) is 14.3. The molecule has 30 heavy (non-hydrogen) atoms. The summed E-state index contributed by atoms with van der Waals surface area (Å²) in [6.45, 7) is 3.52. The molecular formula is C23H26N2O5. The summed E-state index contributed by atoms with van der Waals surface area (Å²) in [7, 11) is 0. The van der Waals surface area contributed by atoms with Gasteiger partial charge in [0.1, 0.15) is 6.61 Å². The molecule has 3 N–H and O–H groups in total. The third-order valence-electron chi connectivity index (χ3n) is 5.09. The van der Waals surface area contributed by atoms with Crippen LogP contribution in [0.4, 0.5) is 4.79 Å². The molecule has 1 aliphatic carbocycles. The van der Waals surface area contributed by atoms with Gasteiger partial charge in [0.15, 0.2) is 0 Å². The van der Waals surface area contributed by atoms with Crippen LogP contribution >= 0.6 is 0 Å². The number of ether oxygens (including phenoxy) is 1. The lowest BCUT2D eigenvalue weighted by atomic mass is 9.98. The summed E-state index contributed by atoms with van der Waals surface area (Å²) < 4.78 is 5.47. The molecular weight excluding hydrogens is 384 g/mol. The highest BCUT2D eigenvalue weighted by Crippen LogP contribution is 2.44. The van der Waals surface area contributed by atoms with Crippen LogP contribution in [0.1, 0.15) is 43.7 Å². The van der Waals surface area contributed by atoms with Crippen LogP contribution in [-0.4, -0.2) is 41.8 Å². The fraction of sp³-hybridized carbons (Fsp3) is 0.348. The number of amides is 2. The first-order valence-corrected chi connectivity index (χ1v) is 9.97. The molecule has 1 aliphatic rings. The zero-order chi connectivity index (χ0) is 21.7. The van der Waals surface area contributed by atoms with Gasteiger partial charge in [-0.1, -0.05) is 48.5 Å². The van der Waals surface area contributed by atoms with Crippen LogP contribution in [0.25, 0.3) is 11.1 Å². The van der Waals surface area contributed by atoms with E-state index in [0.29, 0.717) is 0 Å². The lowest BCUT2D eigenvalue weighted by Crippen LogP contribution is -2.40. The number of carboxylic acids is 1. The van der Waals surface area contributed by atoms with Crippen molar-refractivity contribution >= 4 is 18.0 Å². The molecule has 0 spiro atoms.